The smallest absolute Gasteiger partial charge is 0.308 e. The van der Waals surface area contributed by atoms with E-state index < -0.39 is 17.6 Å². The van der Waals surface area contributed by atoms with Gasteiger partial charge in [-0.05, 0) is 46.6 Å². The maximum Gasteiger partial charge on any atom is 0.308 e. The predicted octanol–water partition coefficient (Wildman–Crippen LogP) is 1.41. The summed E-state index contributed by atoms with van der Waals surface area (Å²) < 4.78 is 5.35. The first-order chi connectivity index (χ1) is 12.0. The molecule has 2 atom stereocenters. The van der Waals surface area contributed by atoms with Crippen LogP contribution in [0.3, 0.4) is 0 Å². The van der Waals surface area contributed by atoms with Crippen molar-refractivity contribution in [2.45, 2.75) is 70.6 Å². The van der Waals surface area contributed by atoms with Gasteiger partial charge in [0.05, 0.1) is 12.5 Å². The molecule has 0 aliphatic heterocycles. The fourth-order valence-corrected chi connectivity index (χ4v) is 3.45. The number of likely N-dealkylation sites (N-methyl/N-ethyl adjacent to an activating group) is 3. The molecule has 0 aromatic rings. The quantitative estimate of drug-likeness (QED) is 0.687. The number of ether oxygens (including phenoxy) is 1. The Morgan fingerprint density at radius 1 is 1.08 bits per heavy atom. The lowest BCUT2D eigenvalue weighted by molar-refractivity contribution is -0.160. The van der Waals surface area contributed by atoms with E-state index >= 15 is 0 Å². The van der Waals surface area contributed by atoms with Gasteiger partial charge in [-0.3, -0.25) is 14.4 Å². The molecule has 7 heteroatoms. The molecule has 0 aromatic heterocycles. The molecule has 0 heterocycles. The number of amides is 2. The fraction of sp³-hybridized carbons (Fsp3) is 0.842. The largest absolute Gasteiger partial charge is 0.460 e. The minimum Gasteiger partial charge on any atom is -0.460 e. The van der Waals surface area contributed by atoms with Gasteiger partial charge in [0.15, 0.2) is 0 Å². The van der Waals surface area contributed by atoms with E-state index in [1.807, 2.05) is 0 Å². The highest BCUT2D eigenvalue weighted by Gasteiger charge is 2.37. The van der Waals surface area contributed by atoms with Gasteiger partial charge < -0.3 is 19.9 Å². The van der Waals surface area contributed by atoms with Gasteiger partial charge in [-0.1, -0.05) is 12.8 Å². The normalized spacial score (nSPS) is 17.5. The molecule has 150 valence electrons. The summed E-state index contributed by atoms with van der Waals surface area (Å²) in [5, 5.41) is 3.11. The first-order valence-corrected chi connectivity index (χ1v) is 9.35. The van der Waals surface area contributed by atoms with Crippen molar-refractivity contribution in [1.29, 1.82) is 0 Å². The molecule has 26 heavy (non-hydrogen) atoms. The molecule has 1 aliphatic rings. The van der Waals surface area contributed by atoms with Gasteiger partial charge >= 0.3 is 5.97 Å². The summed E-state index contributed by atoms with van der Waals surface area (Å²) >= 11 is 0. The molecule has 1 saturated carbocycles. The average molecular weight is 370 g/mol. The van der Waals surface area contributed by atoms with Crippen molar-refractivity contribution in [1.82, 2.24) is 15.1 Å². The van der Waals surface area contributed by atoms with Crippen LogP contribution in [0.25, 0.3) is 0 Å². The molecule has 0 spiro atoms. The summed E-state index contributed by atoms with van der Waals surface area (Å²) in [5.74, 6) is -0.651. The second-order valence-electron chi connectivity index (χ2n) is 8.30. The third-order valence-electron chi connectivity index (χ3n) is 4.77. The summed E-state index contributed by atoms with van der Waals surface area (Å²) in [6.07, 6.45) is 4.10. The number of carbonyl (C=O) groups is 3. The maximum atomic E-state index is 13.0. The zero-order chi connectivity index (χ0) is 20.1. The number of nitrogens with one attached hydrogen (secondary N) is 1. The van der Waals surface area contributed by atoms with Crippen molar-refractivity contribution in [3.8, 4) is 0 Å². The van der Waals surface area contributed by atoms with Crippen LogP contribution >= 0.6 is 0 Å². The van der Waals surface area contributed by atoms with Gasteiger partial charge in [0.1, 0.15) is 11.6 Å². The molecule has 1 fully saturated rings. The summed E-state index contributed by atoms with van der Waals surface area (Å²) in [4.78, 5) is 40.7. The van der Waals surface area contributed by atoms with Crippen molar-refractivity contribution in [2.24, 2.45) is 5.92 Å². The molecular weight excluding hydrogens is 334 g/mol. The zero-order valence-corrected chi connectivity index (χ0v) is 17.3. The minimum atomic E-state index is -0.871. The first kappa shape index (κ1) is 22.4. The zero-order valence-electron chi connectivity index (χ0n) is 17.3. The Balaban J connectivity index is 2.95. The minimum absolute atomic E-state index is 0.150. The second kappa shape index (κ2) is 9.35. The highest BCUT2D eigenvalue weighted by Crippen LogP contribution is 2.29. The van der Waals surface area contributed by atoms with Gasteiger partial charge in [0.25, 0.3) is 0 Å². The third-order valence-corrected chi connectivity index (χ3v) is 4.77. The Hall–Kier alpha value is -1.63. The molecule has 0 saturated heterocycles. The van der Waals surface area contributed by atoms with Crippen LogP contribution < -0.4 is 5.32 Å². The van der Waals surface area contributed by atoms with E-state index in [0.29, 0.717) is 0 Å². The summed E-state index contributed by atoms with van der Waals surface area (Å²) in [6.45, 7) is 5.33. The molecule has 1 unspecified atom stereocenters. The van der Waals surface area contributed by atoms with E-state index in [2.05, 4.69) is 5.32 Å². The molecule has 1 rings (SSSR count). The maximum absolute atomic E-state index is 13.0. The molecule has 1 aliphatic carbocycles. The van der Waals surface area contributed by atoms with E-state index in [1.54, 1.807) is 49.0 Å². The lowest BCUT2D eigenvalue weighted by Gasteiger charge is -2.33. The molecule has 0 aromatic carbocycles. The monoisotopic (exact) mass is 369 g/mol. The SMILES string of the molecule is CN[C@H](C(=O)N(C)C(CC(=O)OC(C)(C)C)C(=O)N(C)C)C1CCCC1. The molecule has 0 bridgehead atoms. The van der Waals surface area contributed by atoms with Gasteiger partial charge in [-0.25, -0.2) is 0 Å². The van der Waals surface area contributed by atoms with Gasteiger partial charge in [-0.2, -0.15) is 0 Å². The number of hydrogen-bond donors (Lipinski definition) is 1. The summed E-state index contributed by atoms with van der Waals surface area (Å²) in [5.41, 5.74) is -0.636. The van der Waals surface area contributed by atoms with Gasteiger partial charge in [0, 0.05) is 21.1 Å². The number of hydrogen-bond acceptors (Lipinski definition) is 5. The topological polar surface area (TPSA) is 79.0 Å². The van der Waals surface area contributed by atoms with Crippen LogP contribution in [-0.2, 0) is 19.1 Å². The average Bonchev–Trinajstić information content (AvgIpc) is 3.04. The van der Waals surface area contributed by atoms with Crippen LogP contribution in [0, 0.1) is 5.92 Å². The highest BCUT2D eigenvalue weighted by atomic mass is 16.6. The molecule has 0 radical (unpaired) electrons. The van der Waals surface area contributed by atoms with Gasteiger partial charge in [-0.15, -0.1) is 0 Å². The van der Waals surface area contributed by atoms with Crippen LogP contribution in [0.1, 0.15) is 52.9 Å². The first-order valence-electron chi connectivity index (χ1n) is 9.35. The lowest BCUT2D eigenvalue weighted by atomic mass is 9.96. The van der Waals surface area contributed by atoms with E-state index in [9.17, 15) is 14.4 Å². The molecule has 2 amide bonds. The van der Waals surface area contributed by atoms with E-state index in [0.717, 1.165) is 25.7 Å². The Morgan fingerprint density at radius 2 is 1.62 bits per heavy atom. The lowest BCUT2D eigenvalue weighted by Crippen LogP contribution is -2.55. The Labute approximate surface area is 157 Å². The van der Waals surface area contributed by atoms with E-state index in [-0.39, 0.29) is 30.2 Å². The fourth-order valence-electron chi connectivity index (χ4n) is 3.45. The number of esters is 1. The van der Waals surface area contributed by atoms with Crippen LogP contribution in [0.15, 0.2) is 0 Å². The number of carbonyl (C=O) groups excluding carboxylic acids is 3. The second-order valence-corrected chi connectivity index (χ2v) is 8.30. The van der Waals surface area contributed by atoms with Crippen LogP contribution in [0.2, 0.25) is 0 Å². The highest BCUT2D eigenvalue weighted by molar-refractivity contribution is 5.92. The number of nitrogens with zero attached hydrogens (tertiary/aromatic N) is 2. The number of rotatable bonds is 7. The van der Waals surface area contributed by atoms with Crippen molar-refractivity contribution < 1.29 is 19.1 Å². The summed E-state index contributed by atoms with van der Waals surface area (Å²) in [7, 11) is 6.61. The van der Waals surface area contributed by atoms with Crippen molar-refractivity contribution in [3.05, 3.63) is 0 Å². The van der Waals surface area contributed by atoms with Crippen molar-refractivity contribution in [3.63, 3.8) is 0 Å². The molecule has 7 nitrogen and oxygen atoms in total. The standard InChI is InChI=1S/C19H35N3O4/c1-19(2,3)26-15(23)12-14(17(24)21(5)6)22(7)18(25)16(20-4)13-10-8-9-11-13/h13-14,16,20H,8-12H2,1-7H3/t14?,16-/m0/s1. The van der Waals surface area contributed by atoms with E-state index in [4.69, 9.17) is 4.74 Å². The van der Waals surface area contributed by atoms with Crippen molar-refractivity contribution >= 4 is 17.8 Å². The molecular formula is C19H35N3O4. The Morgan fingerprint density at radius 3 is 2.04 bits per heavy atom. The van der Waals surface area contributed by atoms with Gasteiger partial charge in [0.2, 0.25) is 11.8 Å². The predicted molar refractivity (Wildman–Crippen MR) is 101 cm³/mol. The van der Waals surface area contributed by atoms with Crippen LogP contribution in [0.5, 0.6) is 0 Å². The third kappa shape index (κ3) is 6.27. The Kier molecular flexibility index (Phi) is 8.06. The van der Waals surface area contributed by atoms with E-state index in [1.165, 1.54) is 9.80 Å². The summed E-state index contributed by atoms with van der Waals surface area (Å²) in [6, 6.07) is -1.21. The van der Waals surface area contributed by atoms with Crippen LogP contribution in [-0.4, -0.2) is 73.5 Å². The van der Waals surface area contributed by atoms with Crippen LogP contribution in [0.4, 0.5) is 0 Å². The molecule has 1 N–H and O–H groups in total. The Bertz CT molecular complexity index is 507. The van der Waals surface area contributed by atoms with Crippen molar-refractivity contribution in [2.75, 3.05) is 28.2 Å².